The molecular weight excluding hydrogens is 252 g/mol. The van der Waals surface area contributed by atoms with Crippen LogP contribution >= 0.6 is 11.6 Å². The summed E-state index contributed by atoms with van der Waals surface area (Å²) >= 11 is 5.72. The van der Waals surface area contributed by atoms with Crippen LogP contribution in [-0.4, -0.2) is 18.7 Å². The molecule has 0 aliphatic heterocycles. The maximum absolute atomic E-state index is 12.0. The Morgan fingerprint density at radius 2 is 2.00 bits per heavy atom. The second kappa shape index (κ2) is 4.78. The van der Waals surface area contributed by atoms with E-state index in [2.05, 4.69) is 0 Å². The Balaban J connectivity index is 2.74. The van der Waals surface area contributed by atoms with Crippen LogP contribution in [-0.2, 0) is 0 Å². The van der Waals surface area contributed by atoms with Crippen LogP contribution in [0.5, 0.6) is 5.75 Å². The lowest BCUT2D eigenvalue weighted by molar-refractivity contribution is 0.0988. The molecule has 4 heteroatoms. The number of rotatable bonds is 2. The normalized spacial score (nSPS) is 14.7. The number of benzene rings is 1. The summed E-state index contributed by atoms with van der Waals surface area (Å²) in [6.07, 6.45) is 4.78. The van der Waals surface area contributed by atoms with Gasteiger partial charge in [-0.05, 0) is 13.0 Å². The number of ketones is 2. The van der Waals surface area contributed by atoms with E-state index in [9.17, 15) is 9.59 Å². The maximum atomic E-state index is 12.0. The van der Waals surface area contributed by atoms with Gasteiger partial charge in [0, 0.05) is 17.2 Å². The van der Waals surface area contributed by atoms with Crippen molar-refractivity contribution >= 4 is 29.2 Å². The summed E-state index contributed by atoms with van der Waals surface area (Å²) in [6.45, 7) is 1.86. The lowest BCUT2D eigenvalue weighted by Gasteiger charge is -2.16. The highest BCUT2D eigenvalue weighted by Crippen LogP contribution is 2.33. The quantitative estimate of drug-likeness (QED) is 0.822. The summed E-state index contributed by atoms with van der Waals surface area (Å²) in [4.78, 5) is 23.8. The molecule has 0 unspecified atom stereocenters. The van der Waals surface area contributed by atoms with Gasteiger partial charge in [0.2, 0.25) is 5.78 Å². The molecule has 0 aromatic heterocycles. The van der Waals surface area contributed by atoms with Crippen molar-refractivity contribution in [3.8, 4) is 5.75 Å². The first-order valence-electron chi connectivity index (χ1n) is 5.40. The maximum Gasteiger partial charge on any atom is 0.205 e. The molecule has 0 N–H and O–H groups in total. The molecule has 0 spiro atoms. The monoisotopic (exact) mass is 262 g/mol. The Hall–Kier alpha value is -1.87. The number of halogens is 1. The van der Waals surface area contributed by atoms with Crippen molar-refractivity contribution in [1.82, 2.24) is 0 Å². The molecule has 1 aliphatic rings. The highest BCUT2D eigenvalue weighted by molar-refractivity contribution is 6.49. The van der Waals surface area contributed by atoms with Gasteiger partial charge >= 0.3 is 0 Å². The van der Waals surface area contributed by atoms with Crippen LogP contribution in [0, 0.1) is 0 Å². The van der Waals surface area contributed by atoms with Gasteiger partial charge in [-0.25, -0.2) is 0 Å². The largest absolute Gasteiger partial charge is 0.495 e. The lowest BCUT2D eigenvalue weighted by atomic mass is 9.91. The number of allylic oxidation sites excluding steroid dienone is 3. The van der Waals surface area contributed by atoms with Crippen LogP contribution in [0.2, 0.25) is 0 Å². The SMILES string of the molecule is CC=Cc1ccc2c(c1OC)C(=O)C=C(Cl)C2=O. The molecule has 3 nitrogen and oxygen atoms in total. The summed E-state index contributed by atoms with van der Waals surface area (Å²) in [5, 5.41) is -0.0617. The Kier molecular flexibility index (Phi) is 3.34. The Bertz CT molecular complexity index is 597. The minimum atomic E-state index is -0.350. The van der Waals surface area contributed by atoms with Gasteiger partial charge in [-0.1, -0.05) is 29.8 Å². The van der Waals surface area contributed by atoms with Crippen LogP contribution in [0.3, 0.4) is 0 Å². The number of ether oxygens (including phenoxy) is 1. The number of fused-ring (bicyclic) bond motifs is 1. The molecular formula is C14H11ClO3. The highest BCUT2D eigenvalue weighted by atomic mass is 35.5. The summed E-state index contributed by atoms with van der Waals surface area (Å²) in [6, 6.07) is 3.33. The van der Waals surface area contributed by atoms with Gasteiger partial charge in [-0.15, -0.1) is 0 Å². The van der Waals surface area contributed by atoms with Gasteiger partial charge in [-0.3, -0.25) is 9.59 Å². The Morgan fingerprint density at radius 3 is 2.61 bits per heavy atom. The van der Waals surface area contributed by atoms with Gasteiger partial charge in [-0.2, -0.15) is 0 Å². The molecule has 0 fully saturated rings. The van der Waals surface area contributed by atoms with Crippen molar-refractivity contribution in [1.29, 1.82) is 0 Å². The first-order chi connectivity index (χ1) is 8.60. The van der Waals surface area contributed by atoms with E-state index in [0.29, 0.717) is 5.75 Å². The van der Waals surface area contributed by atoms with Crippen LogP contribution < -0.4 is 4.74 Å². The predicted octanol–water partition coefficient (Wildman–Crippen LogP) is 3.23. The molecule has 1 aromatic rings. The zero-order valence-electron chi connectivity index (χ0n) is 9.99. The molecule has 0 saturated heterocycles. The zero-order valence-corrected chi connectivity index (χ0v) is 10.7. The summed E-state index contributed by atoms with van der Waals surface area (Å²) in [5.74, 6) is -0.251. The van der Waals surface area contributed by atoms with E-state index >= 15 is 0 Å². The minimum absolute atomic E-state index is 0.0617. The van der Waals surface area contributed by atoms with E-state index in [1.54, 1.807) is 12.1 Å². The van der Waals surface area contributed by atoms with Gasteiger partial charge in [0.25, 0.3) is 0 Å². The molecule has 0 heterocycles. The molecule has 0 radical (unpaired) electrons. The van der Waals surface area contributed by atoms with Crippen molar-refractivity contribution in [2.45, 2.75) is 6.92 Å². The number of carbonyl (C=O) groups excluding carboxylic acids is 2. The van der Waals surface area contributed by atoms with Gasteiger partial charge < -0.3 is 4.74 Å². The standard InChI is InChI=1S/C14H11ClO3/c1-3-4-8-5-6-9-12(14(8)18-2)11(16)7-10(15)13(9)17/h3-7H,1-2H3. The summed E-state index contributed by atoms with van der Waals surface area (Å²) in [5.41, 5.74) is 1.33. The van der Waals surface area contributed by atoms with E-state index in [4.69, 9.17) is 16.3 Å². The minimum Gasteiger partial charge on any atom is -0.495 e. The summed E-state index contributed by atoms with van der Waals surface area (Å²) in [7, 11) is 1.47. The molecule has 0 atom stereocenters. The molecule has 1 aliphatic carbocycles. The number of Topliss-reactive ketones (excluding diaryl/α,β-unsaturated/α-hetero) is 1. The fourth-order valence-electron chi connectivity index (χ4n) is 1.94. The third-order valence-corrected chi connectivity index (χ3v) is 2.99. The second-order valence-electron chi connectivity index (χ2n) is 3.80. The average Bonchev–Trinajstić information content (AvgIpc) is 2.36. The van der Waals surface area contributed by atoms with Crippen LogP contribution in [0.15, 0.2) is 29.3 Å². The van der Waals surface area contributed by atoms with Crippen molar-refractivity contribution in [2.24, 2.45) is 0 Å². The average molecular weight is 263 g/mol. The summed E-state index contributed by atoms with van der Waals surface area (Å²) < 4.78 is 5.25. The number of methoxy groups -OCH3 is 1. The molecule has 1 aromatic carbocycles. The van der Waals surface area contributed by atoms with Crippen molar-refractivity contribution in [3.05, 3.63) is 46.0 Å². The van der Waals surface area contributed by atoms with E-state index in [-0.39, 0.29) is 27.7 Å². The third-order valence-electron chi connectivity index (χ3n) is 2.70. The van der Waals surface area contributed by atoms with Crippen LogP contribution in [0.4, 0.5) is 0 Å². The molecule has 2 rings (SSSR count). The topological polar surface area (TPSA) is 43.4 Å². The second-order valence-corrected chi connectivity index (χ2v) is 4.20. The van der Waals surface area contributed by atoms with Gasteiger partial charge in [0.1, 0.15) is 5.75 Å². The first kappa shape index (κ1) is 12.6. The molecule has 0 saturated carbocycles. The van der Waals surface area contributed by atoms with E-state index < -0.39 is 0 Å². The van der Waals surface area contributed by atoms with Crippen LogP contribution in [0.25, 0.3) is 6.08 Å². The first-order valence-corrected chi connectivity index (χ1v) is 5.77. The van der Waals surface area contributed by atoms with E-state index in [1.807, 2.05) is 19.1 Å². The zero-order chi connectivity index (χ0) is 13.3. The molecule has 0 bridgehead atoms. The number of carbonyl (C=O) groups is 2. The van der Waals surface area contributed by atoms with Crippen molar-refractivity contribution < 1.29 is 14.3 Å². The lowest BCUT2D eigenvalue weighted by Crippen LogP contribution is -2.16. The Morgan fingerprint density at radius 1 is 1.28 bits per heavy atom. The highest BCUT2D eigenvalue weighted by Gasteiger charge is 2.28. The fraction of sp³-hybridized carbons (Fsp3) is 0.143. The van der Waals surface area contributed by atoms with Crippen LogP contribution in [0.1, 0.15) is 33.2 Å². The number of hydrogen-bond acceptors (Lipinski definition) is 3. The van der Waals surface area contributed by atoms with Crippen molar-refractivity contribution in [3.63, 3.8) is 0 Å². The van der Waals surface area contributed by atoms with E-state index in [1.165, 1.54) is 7.11 Å². The third kappa shape index (κ3) is 1.87. The Labute approximate surface area is 110 Å². The molecule has 18 heavy (non-hydrogen) atoms. The smallest absolute Gasteiger partial charge is 0.205 e. The fourth-order valence-corrected chi connectivity index (χ4v) is 2.15. The van der Waals surface area contributed by atoms with E-state index in [0.717, 1.165) is 11.6 Å². The number of hydrogen-bond donors (Lipinski definition) is 0. The molecule has 92 valence electrons. The molecule has 0 amide bonds. The predicted molar refractivity (Wildman–Crippen MR) is 70.3 cm³/mol. The van der Waals surface area contributed by atoms with Crippen molar-refractivity contribution in [2.75, 3.05) is 7.11 Å². The van der Waals surface area contributed by atoms with Gasteiger partial charge in [0.05, 0.1) is 17.7 Å². The van der Waals surface area contributed by atoms with Gasteiger partial charge in [0.15, 0.2) is 5.78 Å².